The zero-order valence-corrected chi connectivity index (χ0v) is 18.3. The lowest BCUT2D eigenvalue weighted by Gasteiger charge is -2.24. The first-order valence-electron chi connectivity index (χ1n) is 9.77. The largest absolute Gasteiger partial charge is 0.543 e. The van der Waals surface area contributed by atoms with Crippen LogP contribution in [-0.4, -0.2) is 11.9 Å². The second-order valence-corrected chi connectivity index (χ2v) is 7.68. The first kappa shape index (κ1) is 21.3. The van der Waals surface area contributed by atoms with Gasteiger partial charge in [-0.25, -0.2) is 0 Å². The molecule has 1 amide bonds. The Kier molecular flexibility index (Phi) is 6.33. The van der Waals surface area contributed by atoms with Crippen LogP contribution < -0.4 is 10.4 Å². The molecule has 158 valence electrons. The molecule has 4 rings (SSSR count). The normalized spacial score (nSPS) is 14.8. The van der Waals surface area contributed by atoms with Gasteiger partial charge in [-0.1, -0.05) is 78.9 Å². The highest BCUT2D eigenvalue weighted by molar-refractivity contribution is 9.12. The Hall–Kier alpha value is -3.90. The number of amides is 1. The zero-order chi connectivity index (χ0) is 22.5. The zero-order valence-electron chi connectivity index (χ0n) is 16.7. The van der Waals surface area contributed by atoms with Crippen LogP contribution in [0.4, 0.5) is 0 Å². The number of benzene rings is 3. The molecule has 5 nitrogen and oxygen atoms in total. The topological polar surface area (TPSA) is 78.5 Å². The number of nitrogens with one attached hydrogen (secondary N) is 1. The van der Waals surface area contributed by atoms with Crippen LogP contribution in [0.2, 0.25) is 0 Å². The van der Waals surface area contributed by atoms with Gasteiger partial charge in [0.1, 0.15) is 11.5 Å². The highest BCUT2D eigenvalue weighted by Gasteiger charge is 2.25. The molecule has 0 bridgehead atoms. The maximum absolute atomic E-state index is 12.7. The van der Waals surface area contributed by atoms with Gasteiger partial charge in [-0.05, 0) is 34.1 Å². The number of carboxylic acid groups (broad SMARTS) is 1. The fourth-order valence-electron chi connectivity index (χ4n) is 3.21. The summed E-state index contributed by atoms with van der Waals surface area (Å²) in [6.07, 6.45) is 1.57. The molecule has 0 unspecified atom stereocenters. The average Bonchev–Trinajstić information content (AvgIpc) is 2.84. The second-order valence-electron chi connectivity index (χ2n) is 6.88. The van der Waals surface area contributed by atoms with Crippen molar-refractivity contribution in [3.8, 4) is 0 Å². The molecule has 0 spiro atoms. The van der Waals surface area contributed by atoms with Gasteiger partial charge in [-0.3, -0.25) is 4.79 Å². The van der Waals surface area contributed by atoms with Crippen molar-refractivity contribution in [1.29, 1.82) is 0 Å². The van der Waals surface area contributed by atoms with Crippen molar-refractivity contribution in [2.75, 3.05) is 0 Å². The van der Waals surface area contributed by atoms with Crippen LogP contribution >= 0.6 is 15.9 Å². The fraction of sp³-hybridized carbons (Fsp3) is 0. The first-order valence-corrected chi connectivity index (χ1v) is 10.6. The Morgan fingerprint density at radius 3 is 1.88 bits per heavy atom. The fourth-order valence-corrected chi connectivity index (χ4v) is 3.83. The lowest BCUT2D eigenvalue weighted by Crippen LogP contribution is -2.37. The van der Waals surface area contributed by atoms with Gasteiger partial charge < -0.3 is 20.0 Å². The van der Waals surface area contributed by atoms with Crippen molar-refractivity contribution in [3.63, 3.8) is 0 Å². The quantitative estimate of drug-likeness (QED) is 0.546. The summed E-state index contributed by atoms with van der Waals surface area (Å²) in [4.78, 5) is 24.8. The number of ether oxygens (including phenoxy) is 1. The van der Waals surface area contributed by atoms with Gasteiger partial charge in [0.25, 0.3) is 5.91 Å². The number of halogens is 1. The molecule has 0 saturated carbocycles. The third kappa shape index (κ3) is 4.55. The minimum Gasteiger partial charge on any atom is -0.543 e. The van der Waals surface area contributed by atoms with Crippen molar-refractivity contribution < 1.29 is 19.4 Å². The van der Waals surface area contributed by atoms with Crippen LogP contribution in [0.15, 0.2) is 113 Å². The molecule has 1 heterocycles. The van der Waals surface area contributed by atoms with Crippen molar-refractivity contribution in [3.05, 3.63) is 130 Å². The number of carboxylic acids is 1. The average molecular weight is 487 g/mol. The van der Waals surface area contributed by atoms with E-state index in [9.17, 15) is 14.7 Å². The number of hydrogen-bond donors (Lipinski definition) is 1. The maximum Gasteiger partial charge on any atom is 0.255 e. The minimum absolute atomic E-state index is 0.234. The van der Waals surface area contributed by atoms with E-state index < -0.39 is 11.9 Å². The summed E-state index contributed by atoms with van der Waals surface area (Å²) < 4.78 is 6.54. The third-order valence-electron chi connectivity index (χ3n) is 4.77. The molecular formula is C26H17BrNO4-. The third-order valence-corrected chi connectivity index (χ3v) is 5.55. The Morgan fingerprint density at radius 1 is 0.781 bits per heavy atom. The monoisotopic (exact) mass is 486 g/mol. The second kappa shape index (κ2) is 9.49. The highest BCUT2D eigenvalue weighted by atomic mass is 79.9. The van der Waals surface area contributed by atoms with Crippen molar-refractivity contribution in [1.82, 2.24) is 5.32 Å². The molecule has 0 fully saturated rings. The van der Waals surface area contributed by atoms with E-state index in [-0.39, 0.29) is 11.3 Å². The summed E-state index contributed by atoms with van der Waals surface area (Å²) in [6, 6.07) is 26.9. The molecule has 6 heteroatoms. The van der Waals surface area contributed by atoms with E-state index in [2.05, 4.69) is 21.2 Å². The summed E-state index contributed by atoms with van der Waals surface area (Å²) in [6.45, 7) is 0. The van der Waals surface area contributed by atoms with Gasteiger partial charge in [0.05, 0.1) is 16.1 Å². The molecule has 1 N–H and O–H groups in total. The Labute approximate surface area is 193 Å². The van der Waals surface area contributed by atoms with E-state index in [0.29, 0.717) is 21.6 Å². The Balaban J connectivity index is 1.87. The summed E-state index contributed by atoms with van der Waals surface area (Å²) in [7, 11) is 0. The van der Waals surface area contributed by atoms with Crippen LogP contribution in [0.5, 0.6) is 0 Å². The number of aliphatic carboxylic acids is 1. The Bertz CT molecular complexity index is 1250. The molecular weight excluding hydrogens is 470 g/mol. The van der Waals surface area contributed by atoms with Gasteiger partial charge in [-0.2, -0.15) is 0 Å². The molecule has 0 atom stereocenters. The van der Waals surface area contributed by atoms with E-state index in [1.165, 1.54) is 0 Å². The van der Waals surface area contributed by atoms with E-state index in [1.54, 1.807) is 36.4 Å². The van der Waals surface area contributed by atoms with Crippen molar-refractivity contribution in [2.24, 2.45) is 0 Å². The summed E-state index contributed by atoms with van der Waals surface area (Å²) in [5.74, 6) is -1.20. The molecule has 0 radical (unpaired) electrons. The van der Waals surface area contributed by atoms with Gasteiger partial charge in [-0.15, -0.1) is 0 Å². The lowest BCUT2D eigenvalue weighted by atomic mass is 10.0. The lowest BCUT2D eigenvalue weighted by molar-refractivity contribution is -0.299. The van der Waals surface area contributed by atoms with Crippen molar-refractivity contribution in [2.45, 2.75) is 0 Å². The number of carbonyl (C=O) groups excluding carboxylic acids is 2. The predicted molar refractivity (Wildman–Crippen MR) is 124 cm³/mol. The molecule has 0 aromatic heterocycles. The molecule has 1 aliphatic rings. The van der Waals surface area contributed by atoms with Crippen LogP contribution in [0.25, 0.3) is 11.5 Å². The minimum atomic E-state index is -1.51. The smallest absolute Gasteiger partial charge is 0.255 e. The van der Waals surface area contributed by atoms with Gasteiger partial charge in [0.2, 0.25) is 0 Å². The molecule has 1 aliphatic heterocycles. The number of rotatable bonds is 5. The van der Waals surface area contributed by atoms with E-state index >= 15 is 0 Å². The van der Waals surface area contributed by atoms with Crippen LogP contribution in [0, 0.1) is 0 Å². The number of hydrogen-bond acceptors (Lipinski definition) is 4. The maximum atomic E-state index is 12.7. The van der Waals surface area contributed by atoms with Crippen LogP contribution in [-0.2, 0) is 9.53 Å². The standard InChI is InChI=1S/C26H18BrNO4/c27-22-20(23(26(30)31)28-25(29)19-14-8-3-9-15-19)16-21(17-10-4-1-5-11-17)32-24(22)18-12-6-2-7-13-18/h1-16H,(H,28,29)(H,30,31)/p-1/b23-20+. The highest BCUT2D eigenvalue weighted by Crippen LogP contribution is 2.40. The van der Waals surface area contributed by atoms with E-state index in [4.69, 9.17) is 4.74 Å². The van der Waals surface area contributed by atoms with E-state index in [1.807, 2.05) is 60.7 Å². The number of carbonyl (C=O) groups is 2. The van der Waals surface area contributed by atoms with E-state index in [0.717, 1.165) is 11.1 Å². The molecule has 3 aromatic rings. The summed E-state index contributed by atoms with van der Waals surface area (Å²) in [5.41, 5.74) is 1.69. The molecule has 3 aromatic carbocycles. The molecule has 0 saturated heterocycles. The van der Waals surface area contributed by atoms with Crippen LogP contribution in [0.1, 0.15) is 21.5 Å². The first-order chi connectivity index (χ1) is 15.5. The molecule has 32 heavy (non-hydrogen) atoms. The molecule has 0 aliphatic carbocycles. The van der Waals surface area contributed by atoms with Crippen LogP contribution in [0.3, 0.4) is 0 Å². The van der Waals surface area contributed by atoms with Gasteiger partial charge in [0, 0.05) is 22.3 Å². The summed E-state index contributed by atoms with van der Waals surface area (Å²) in [5, 5.41) is 14.6. The summed E-state index contributed by atoms with van der Waals surface area (Å²) >= 11 is 3.48. The number of allylic oxidation sites excluding steroid dienone is 3. The SMILES string of the molecule is O=C([O-])/C(NC(=O)c1ccccc1)=C1/C=C(c2ccccc2)OC(c2ccccc2)=C1Br. The van der Waals surface area contributed by atoms with Gasteiger partial charge >= 0.3 is 0 Å². The Morgan fingerprint density at radius 2 is 1.31 bits per heavy atom. The van der Waals surface area contributed by atoms with Gasteiger partial charge in [0.15, 0.2) is 0 Å². The predicted octanol–water partition coefficient (Wildman–Crippen LogP) is 4.26. The van der Waals surface area contributed by atoms with Crippen molar-refractivity contribution >= 4 is 39.3 Å².